The van der Waals surface area contributed by atoms with Crippen molar-refractivity contribution in [3.8, 4) is 5.75 Å². The Kier molecular flexibility index (Phi) is 5.34. The van der Waals surface area contributed by atoms with Crippen molar-refractivity contribution < 1.29 is 17.9 Å². The Bertz CT molecular complexity index is 745. The summed E-state index contributed by atoms with van der Waals surface area (Å²) in [5.41, 5.74) is 1.68. The Morgan fingerprint density at radius 2 is 2.08 bits per heavy atom. The number of fused-ring (bicyclic) bond motifs is 1. The maximum atomic E-state index is 13.1. The molecule has 0 bridgehead atoms. The molecule has 0 radical (unpaired) electrons. The van der Waals surface area contributed by atoms with Gasteiger partial charge in [0.2, 0.25) is 0 Å². The molecule has 2 aliphatic rings. The molecular formula is C18H26N2O4S. The highest BCUT2D eigenvalue weighted by molar-refractivity contribution is 7.91. The van der Waals surface area contributed by atoms with E-state index in [2.05, 4.69) is 4.90 Å². The van der Waals surface area contributed by atoms with Gasteiger partial charge in [-0.15, -0.1) is 0 Å². The zero-order valence-electron chi connectivity index (χ0n) is 14.9. The van der Waals surface area contributed by atoms with Crippen LogP contribution < -0.4 is 4.74 Å². The van der Waals surface area contributed by atoms with Gasteiger partial charge in [-0.1, -0.05) is 0 Å². The lowest BCUT2D eigenvalue weighted by atomic mass is 10.1. The van der Waals surface area contributed by atoms with Crippen LogP contribution in [0.1, 0.15) is 28.8 Å². The summed E-state index contributed by atoms with van der Waals surface area (Å²) in [7, 11) is 0.954. The topological polar surface area (TPSA) is 66.9 Å². The SMILES string of the molecule is CN(C)CCCN(C(=O)c1ccc2c(c1)CCO2)C1CCS(=O)(=O)C1. The van der Waals surface area contributed by atoms with Gasteiger partial charge in [-0.2, -0.15) is 0 Å². The lowest BCUT2D eigenvalue weighted by Crippen LogP contribution is -2.42. The summed E-state index contributed by atoms with van der Waals surface area (Å²) in [4.78, 5) is 16.9. The van der Waals surface area contributed by atoms with Gasteiger partial charge in [0.05, 0.1) is 18.1 Å². The maximum Gasteiger partial charge on any atom is 0.254 e. The average molecular weight is 366 g/mol. The van der Waals surface area contributed by atoms with Crippen LogP contribution in [0, 0.1) is 0 Å². The number of rotatable bonds is 6. The monoisotopic (exact) mass is 366 g/mol. The molecule has 0 N–H and O–H groups in total. The number of hydrogen-bond donors (Lipinski definition) is 0. The summed E-state index contributed by atoms with van der Waals surface area (Å²) < 4.78 is 29.3. The number of hydrogen-bond acceptors (Lipinski definition) is 5. The van der Waals surface area contributed by atoms with Gasteiger partial charge in [0.15, 0.2) is 9.84 Å². The van der Waals surface area contributed by atoms with E-state index in [1.165, 1.54) is 0 Å². The highest BCUT2D eigenvalue weighted by atomic mass is 32.2. The Morgan fingerprint density at radius 3 is 2.76 bits per heavy atom. The van der Waals surface area contributed by atoms with Crippen LogP contribution in [0.4, 0.5) is 0 Å². The van der Waals surface area contributed by atoms with Gasteiger partial charge in [0.1, 0.15) is 5.75 Å². The van der Waals surface area contributed by atoms with Crippen LogP contribution in [0.25, 0.3) is 0 Å². The van der Waals surface area contributed by atoms with Crippen LogP contribution in [0.15, 0.2) is 18.2 Å². The number of benzene rings is 1. The molecule has 2 aliphatic heterocycles. The van der Waals surface area contributed by atoms with Gasteiger partial charge in [0.25, 0.3) is 5.91 Å². The minimum atomic E-state index is -3.03. The molecule has 1 saturated heterocycles. The smallest absolute Gasteiger partial charge is 0.254 e. The first-order chi connectivity index (χ1) is 11.9. The Morgan fingerprint density at radius 1 is 1.28 bits per heavy atom. The average Bonchev–Trinajstić information content (AvgIpc) is 3.15. The highest BCUT2D eigenvalue weighted by Crippen LogP contribution is 2.27. The summed E-state index contributed by atoms with van der Waals surface area (Å²) >= 11 is 0. The number of amides is 1. The third-order valence-corrected chi connectivity index (χ3v) is 6.60. The van der Waals surface area contributed by atoms with Gasteiger partial charge in [-0.3, -0.25) is 4.79 Å². The zero-order chi connectivity index (χ0) is 18.0. The van der Waals surface area contributed by atoms with Crippen molar-refractivity contribution in [2.24, 2.45) is 0 Å². The molecule has 7 heteroatoms. The molecule has 0 saturated carbocycles. The van der Waals surface area contributed by atoms with E-state index in [1.807, 2.05) is 26.2 Å². The molecule has 0 aromatic heterocycles. The molecule has 25 heavy (non-hydrogen) atoms. The van der Waals surface area contributed by atoms with E-state index >= 15 is 0 Å². The second kappa shape index (κ2) is 7.33. The summed E-state index contributed by atoms with van der Waals surface area (Å²) in [6.45, 7) is 2.09. The third kappa shape index (κ3) is 4.33. The molecule has 138 valence electrons. The second-order valence-corrected chi connectivity index (χ2v) is 9.36. The maximum absolute atomic E-state index is 13.1. The van der Waals surface area contributed by atoms with E-state index in [-0.39, 0.29) is 23.5 Å². The van der Waals surface area contributed by atoms with Crippen LogP contribution in [-0.4, -0.2) is 75.5 Å². The number of carbonyl (C=O) groups is 1. The molecule has 6 nitrogen and oxygen atoms in total. The van der Waals surface area contributed by atoms with E-state index in [9.17, 15) is 13.2 Å². The fraction of sp³-hybridized carbons (Fsp3) is 0.611. The molecule has 0 aliphatic carbocycles. The van der Waals surface area contributed by atoms with Gasteiger partial charge in [-0.05, 0) is 57.2 Å². The van der Waals surface area contributed by atoms with Crippen LogP contribution in [0.5, 0.6) is 5.75 Å². The summed E-state index contributed by atoms with van der Waals surface area (Å²) in [5.74, 6) is 1.02. The fourth-order valence-electron chi connectivity index (χ4n) is 3.51. The second-order valence-electron chi connectivity index (χ2n) is 7.13. The molecule has 0 spiro atoms. The predicted molar refractivity (Wildman–Crippen MR) is 96.9 cm³/mol. The molecule has 1 fully saturated rings. The first-order valence-corrected chi connectivity index (χ1v) is 10.6. The lowest BCUT2D eigenvalue weighted by Gasteiger charge is -2.29. The summed E-state index contributed by atoms with van der Waals surface area (Å²) in [5, 5.41) is 0. The molecular weight excluding hydrogens is 340 g/mol. The van der Waals surface area contributed by atoms with Gasteiger partial charge in [0, 0.05) is 24.6 Å². The highest BCUT2D eigenvalue weighted by Gasteiger charge is 2.35. The Labute approximate surface area is 149 Å². The molecule has 1 aromatic carbocycles. The van der Waals surface area contributed by atoms with Crippen molar-refractivity contribution in [2.45, 2.75) is 25.3 Å². The standard InChI is InChI=1S/C18H26N2O4S/c1-19(2)8-3-9-20(16-7-11-25(22,23)13-16)18(21)15-4-5-17-14(12-15)6-10-24-17/h4-5,12,16H,3,6-11,13H2,1-2H3. The van der Waals surface area contributed by atoms with Crippen molar-refractivity contribution in [1.29, 1.82) is 0 Å². The van der Waals surface area contributed by atoms with Gasteiger partial charge >= 0.3 is 0 Å². The lowest BCUT2D eigenvalue weighted by molar-refractivity contribution is 0.0690. The first kappa shape index (κ1) is 18.2. The van der Waals surface area contributed by atoms with Crippen molar-refractivity contribution in [2.75, 3.05) is 45.3 Å². The van der Waals surface area contributed by atoms with Crippen molar-refractivity contribution in [1.82, 2.24) is 9.80 Å². The van der Waals surface area contributed by atoms with E-state index in [4.69, 9.17) is 4.74 Å². The van der Waals surface area contributed by atoms with Crippen molar-refractivity contribution >= 4 is 15.7 Å². The number of carbonyl (C=O) groups excluding carboxylic acids is 1. The Hall–Kier alpha value is -1.60. The van der Waals surface area contributed by atoms with Crippen LogP contribution in [0.2, 0.25) is 0 Å². The molecule has 1 aromatic rings. The first-order valence-electron chi connectivity index (χ1n) is 8.77. The quantitative estimate of drug-likeness (QED) is 0.757. The number of sulfone groups is 1. The molecule has 3 rings (SSSR count). The molecule has 1 atom stereocenters. The molecule has 1 amide bonds. The molecule has 1 unspecified atom stereocenters. The summed E-state index contributed by atoms with van der Waals surface area (Å²) in [6, 6.07) is 5.31. The largest absolute Gasteiger partial charge is 0.493 e. The number of nitrogens with zero attached hydrogens (tertiary/aromatic N) is 2. The van der Waals surface area contributed by atoms with E-state index in [0.717, 1.165) is 30.7 Å². The van der Waals surface area contributed by atoms with Crippen molar-refractivity contribution in [3.63, 3.8) is 0 Å². The minimum Gasteiger partial charge on any atom is -0.493 e. The van der Waals surface area contributed by atoms with E-state index < -0.39 is 9.84 Å². The third-order valence-electron chi connectivity index (χ3n) is 4.85. The number of ether oxygens (including phenoxy) is 1. The summed E-state index contributed by atoms with van der Waals surface area (Å²) in [6.07, 6.45) is 2.17. The van der Waals surface area contributed by atoms with E-state index in [0.29, 0.717) is 25.1 Å². The van der Waals surface area contributed by atoms with Crippen LogP contribution >= 0.6 is 0 Å². The molecule has 2 heterocycles. The minimum absolute atomic E-state index is 0.0736. The predicted octanol–water partition coefficient (Wildman–Crippen LogP) is 1.20. The zero-order valence-corrected chi connectivity index (χ0v) is 15.7. The van der Waals surface area contributed by atoms with E-state index in [1.54, 1.807) is 11.0 Å². The normalized spacial score (nSPS) is 21.2. The van der Waals surface area contributed by atoms with Crippen LogP contribution in [0.3, 0.4) is 0 Å². The van der Waals surface area contributed by atoms with Crippen molar-refractivity contribution in [3.05, 3.63) is 29.3 Å². The van der Waals surface area contributed by atoms with Gasteiger partial charge < -0.3 is 14.5 Å². The van der Waals surface area contributed by atoms with Gasteiger partial charge in [-0.25, -0.2) is 8.42 Å². The Balaban J connectivity index is 1.78. The van der Waals surface area contributed by atoms with Crippen LogP contribution in [-0.2, 0) is 16.3 Å². The fourth-order valence-corrected chi connectivity index (χ4v) is 5.24.